The Kier molecular flexibility index (Phi) is 4.01. The standard InChI is InChI=1S/C17H17FN6O/c18-12-4-3-9-23(11-12)16-7-6-15-20-10-13(24(15)22-16)17(25)21-14-5-1-2-8-19-14/h1-2,5-8,10,12H,3-4,9,11H2,(H,19,21,25). The second kappa shape index (κ2) is 6.46. The fourth-order valence-corrected chi connectivity index (χ4v) is 2.94. The van der Waals surface area contributed by atoms with Gasteiger partial charge in [0.05, 0.1) is 12.7 Å². The second-order valence-corrected chi connectivity index (χ2v) is 5.96. The van der Waals surface area contributed by atoms with Gasteiger partial charge in [-0.25, -0.2) is 18.9 Å². The van der Waals surface area contributed by atoms with E-state index in [1.54, 1.807) is 36.5 Å². The first-order chi connectivity index (χ1) is 12.2. The third kappa shape index (κ3) is 3.15. The van der Waals surface area contributed by atoms with Crippen molar-refractivity contribution in [3.8, 4) is 0 Å². The normalized spacial score (nSPS) is 17.6. The van der Waals surface area contributed by atoms with Crippen molar-refractivity contribution in [2.24, 2.45) is 0 Å². The van der Waals surface area contributed by atoms with E-state index in [4.69, 9.17) is 0 Å². The van der Waals surface area contributed by atoms with Crippen molar-refractivity contribution < 1.29 is 9.18 Å². The van der Waals surface area contributed by atoms with Crippen molar-refractivity contribution in [2.75, 3.05) is 23.3 Å². The predicted molar refractivity (Wildman–Crippen MR) is 91.5 cm³/mol. The number of carbonyl (C=O) groups is 1. The maximum atomic E-state index is 13.7. The summed E-state index contributed by atoms with van der Waals surface area (Å²) >= 11 is 0. The Morgan fingerprint density at radius 3 is 2.96 bits per heavy atom. The summed E-state index contributed by atoms with van der Waals surface area (Å²) in [7, 11) is 0. The molecular formula is C17H17FN6O. The third-order valence-corrected chi connectivity index (χ3v) is 4.18. The van der Waals surface area contributed by atoms with Crippen molar-refractivity contribution >= 4 is 23.2 Å². The smallest absolute Gasteiger partial charge is 0.277 e. The van der Waals surface area contributed by atoms with E-state index in [0.29, 0.717) is 35.9 Å². The van der Waals surface area contributed by atoms with Gasteiger partial charge >= 0.3 is 0 Å². The van der Waals surface area contributed by atoms with Crippen LogP contribution in [0.2, 0.25) is 0 Å². The summed E-state index contributed by atoms with van der Waals surface area (Å²) < 4.78 is 15.1. The highest BCUT2D eigenvalue weighted by Crippen LogP contribution is 2.20. The Hall–Kier alpha value is -3.03. The van der Waals surface area contributed by atoms with Crippen LogP contribution < -0.4 is 10.2 Å². The van der Waals surface area contributed by atoms with Crippen molar-refractivity contribution in [3.05, 3.63) is 48.4 Å². The minimum atomic E-state index is -0.846. The minimum absolute atomic E-state index is 0.302. The first-order valence-corrected chi connectivity index (χ1v) is 8.17. The van der Waals surface area contributed by atoms with Crippen molar-refractivity contribution in [2.45, 2.75) is 19.0 Å². The fourth-order valence-electron chi connectivity index (χ4n) is 2.94. The number of nitrogens with zero attached hydrogens (tertiary/aromatic N) is 5. The largest absolute Gasteiger partial charge is 0.352 e. The number of rotatable bonds is 3. The van der Waals surface area contributed by atoms with E-state index in [1.165, 1.54) is 10.7 Å². The molecule has 1 aliphatic heterocycles. The number of piperidine rings is 1. The van der Waals surface area contributed by atoms with Gasteiger partial charge in [0.15, 0.2) is 11.3 Å². The lowest BCUT2D eigenvalue weighted by molar-refractivity contribution is 0.102. The van der Waals surface area contributed by atoms with Crippen LogP contribution in [0.4, 0.5) is 16.0 Å². The average molecular weight is 340 g/mol. The van der Waals surface area contributed by atoms with E-state index in [-0.39, 0.29) is 5.91 Å². The second-order valence-electron chi connectivity index (χ2n) is 5.96. The summed E-state index contributed by atoms with van der Waals surface area (Å²) in [6, 6.07) is 8.85. The molecule has 4 rings (SSSR count). The fraction of sp³-hybridized carbons (Fsp3) is 0.294. The van der Waals surface area contributed by atoms with Crippen LogP contribution in [0, 0.1) is 0 Å². The number of hydrogen-bond donors (Lipinski definition) is 1. The van der Waals surface area contributed by atoms with Gasteiger partial charge in [0, 0.05) is 12.7 Å². The lowest BCUT2D eigenvalue weighted by Crippen LogP contribution is -2.37. The first kappa shape index (κ1) is 15.5. The Balaban J connectivity index is 1.63. The lowest BCUT2D eigenvalue weighted by atomic mass is 10.1. The molecule has 0 saturated carbocycles. The molecule has 1 atom stereocenters. The van der Waals surface area contributed by atoms with Crippen LogP contribution in [-0.4, -0.2) is 44.8 Å². The lowest BCUT2D eigenvalue weighted by Gasteiger charge is -2.29. The Labute approximate surface area is 143 Å². The highest BCUT2D eigenvalue weighted by Gasteiger charge is 2.21. The number of carbonyl (C=O) groups excluding carboxylic acids is 1. The molecule has 8 heteroatoms. The van der Waals surface area contributed by atoms with E-state index in [0.717, 1.165) is 13.0 Å². The van der Waals surface area contributed by atoms with Crippen LogP contribution in [0.25, 0.3) is 5.65 Å². The Bertz CT molecular complexity index is 897. The molecule has 1 fully saturated rings. The molecule has 0 radical (unpaired) electrons. The Morgan fingerprint density at radius 1 is 1.24 bits per heavy atom. The highest BCUT2D eigenvalue weighted by molar-refractivity contribution is 6.02. The molecule has 1 amide bonds. The van der Waals surface area contributed by atoms with Gasteiger partial charge in [-0.05, 0) is 37.1 Å². The van der Waals surface area contributed by atoms with Crippen LogP contribution in [0.15, 0.2) is 42.7 Å². The molecular weight excluding hydrogens is 323 g/mol. The highest BCUT2D eigenvalue weighted by atomic mass is 19.1. The zero-order valence-corrected chi connectivity index (χ0v) is 13.5. The maximum absolute atomic E-state index is 13.7. The summed E-state index contributed by atoms with van der Waals surface area (Å²) in [5.41, 5.74) is 0.861. The zero-order chi connectivity index (χ0) is 17.2. The van der Waals surface area contributed by atoms with E-state index in [1.807, 2.05) is 4.90 Å². The number of aromatic nitrogens is 4. The summed E-state index contributed by atoms with van der Waals surface area (Å²) in [6.45, 7) is 1.08. The number of halogens is 1. The van der Waals surface area contributed by atoms with E-state index in [9.17, 15) is 9.18 Å². The third-order valence-electron chi connectivity index (χ3n) is 4.18. The van der Waals surface area contributed by atoms with Crippen molar-refractivity contribution in [3.63, 3.8) is 0 Å². The van der Waals surface area contributed by atoms with E-state index in [2.05, 4.69) is 20.4 Å². The maximum Gasteiger partial charge on any atom is 0.277 e. The van der Waals surface area contributed by atoms with Gasteiger partial charge in [-0.15, -0.1) is 5.10 Å². The number of imidazole rings is 1. The molecule has 0 aromatic carbocycles. The molecule has 3 aromatic heterocycles. The molecule has 25 heavy (non-hydrogen) atoms. The molecule has 1 aliphatic rings. The number of alkyl halides is 1. The SMILES string of the molecule is O=C(Nc1ccccn1)c1cnc2ccc(N3CCCC(F)C3)nn12. The quantitative estimate of drug-likeness (QED) is 0.792. The minimum Gasteiger partial charge on any atom is -0.352 e. The first-order valence-electron chi connectivity index (χ1n) is 8.17. The van der Waals surface area contributed by atoms with Gasteiger partial charge in [0.25, 0.3) is 5.91 Å². The molecule has 1 N–H and O–H groups in total. The number of hydrogen-bond acceptors (Lipinski definition) is 5. The number of amides is 1. The van der Waals surface area contributed by atoms with Gasteiger partial charge in [-0.2, -0.15) is 0 Å². The number of anilines is 2. The summed E-state index contributed by atoms with van der Waals surface area (Å²) in [5.74, 6) is 0.743. The van der Waals surface area contributed by atoms with Gasteiger partial charge in [-0.3, -0.25) is 4.79 Å². The number of fused-ring (bicyclic) bond motifs is 1. The number of nitrogens with one attached hydrogen (secondary N) is 1. The molecule has 1 unspecified atom stereocenters. The van der Waals surface area contributed by atoms with Gasteiger partial charge < -0.3 is 10.2 Å². The van der Waals surface area contributed by atoms with Gasteiger partial charge in [-0.1, -0.05) is 6.07 Å². The Morgan fingerprint density at radius 2 is 2.16 bits per heavy atom. The summed E-state index contributed by atoms with van der Waals surface area (Å²) in [5, 5.41) is 7.21. The predicted octanol–water partition coefficient (Wildman–Crippen LogP) is 2.31. The van der Waals surface area contributed by atoms with E-state index < -0.39 is 6.17 Å². The monoisotopic (exact) mass is 340 g/mol. The van der Waals surface area contributed by atoms with Crippen LogP contribution in [0.3, 0.4) is 0 Å². The van der Waals surface area contributed by atoms with Crippen LogP contribution >= 0.6 is 0 Å². The van der Waals surface area contributed by atoms with Gasteiger partial charge in [0.1, 0.15) is 17.8 Å². The molecule has 3 aromatic rings. The molecule has 128 valence electrons. The van der Waals surface area contributed by atoms with Crippen LogP contribution in [0.1, 0.15) is 23.3 Å². The zero-order valence-electron chi connectivity index (χ0n) is 13.5. The molecule has 0 aliphatic carbocycles. The van der Waals surface area contributed by atoms with Gasteiger partial charge in [0.2, 0.25) is 0 Å². The molecule has 7 nitrogen and oxygen atoms in total. The average Bonchev–Trinajstić information content (AvgIpc) is 3.06. The topological polar surface area (TPSA) is 75.4 Å². The summed E-state index contributed by atoms with van der Waals surface area (Å²) in [4.78, 5) is 22.7. The molecule has 4 heterocycles. The van der Waals surface area contributed by atoms with Crippen molar-refractivity contribution in [1.29, 1.82) is 0 Å². The molecule has 0 spiro atoms. The van der Waals surface area contributed by atoms with E-state index >= 15 is 0 Å². The molecule has 1 saturated heterocycles. The van der Waals surface area contributed by atoms with Crippen LogP contribution in [0.5, 0.6) is 0 Å². The molecule has 0 bridgehead atoms. The van der Waals surface area contributed by atoms with Crippen molar-refractivity contribution in [1.82, 2.24) is 19.6 Å². The summed E-state index contributed by atoms with van der Waals surface area (Å²) in [6.07, 6.45) is 3.60. The van der Waals surface area contributed by atoms with Crippen LogP contribution in [-0.2, 0) is 0 Å². The number of pyridine rings is 1.